The van der Waals surface area contributed by atoms with Gasteiger partial charge in [-0.2, -0.15) is 0 Å². The summed E-state index contributed by atoms with van der Waals surface area (Å²) in [5, 5.41) is 11.4. The summed E-state index contributed by atoms with van der Waals surface area (Å²) < 4.78 is 16.9. The van der Waals surface area contributed by atoms with Gasteiger partial charge >= 0.3 is 0 Å². The fourth-order valence-electron chi connectivity index (χ4n) is 4.73. The fraction of sp³-hybridized carbons (Fsp3) is 0.294. The molecule has 0 fully saturated rings. The molecular formula is C34H39NO4. The van der Waals surface area contributed by atoms with Crippen LogP contribution in [0, 0.1) is 0 Å². The molecule has 2 atom stereocenters. The number of methoxy groups -OCH3 is 2. The molecule has 0 spiro atoms. The van der Waals surface area contributed by atoms with Gasteiger partial charge in [-0.15, -0.1) is 0 Å². The molecular weight excluding hydrogens is 486 g/mol. The van der Waals surface area contributed by atoms with Crippen LogP contribution in [-0.4, -0.2) is 36.8 Å². The lowest BCUT2D eigenvalue weighted by molar-refractivity contribution is 0.0856. The molecule has 4 aromatic carbocycles. The molecule has 0 saturated heterocycles. The van der Waals surface area contributed by atoms with E-state index in [0.717, 1.165) is 41.2 Å². The van der Waals surface area contributed by atoms with Crippen molar-refractivity contribution in [2.45, 2.75) is 45.2 Å². The minimum Gasteiger partial charge on any atom is -0.497 e. The van der Waals surface area contributed by atoms with E-state index in [4.69, 9.17) is 14.2 Å². The summed E-state index contributed by atoms with van der Waals surface area (Å²) in [6.07, 6.45) is 0.205. The van der Waals surface area contributed by atoms with Crippen molar-refractivity contribution < 1.29 is 19.3 Å². The first-order valence-electron chi connectivity index (χ1n) is 13.4. The van der Waals surface area contributed by atoms with Crippen LogP contribution in [0.2, 0.25) is 0 Å². The highest BCUT2D eigenvalue weighted by molar-refractivity contribution is 5.38. The molecule has 0 amide bonds. The smallest absolute Gasteiger partial charge is 0.125 e. The van der Waals surface area contributed by atoms with Crippen molar-refractivity contribution in [3.8, 4) is 11.5 Å². The monoisotopic (exact) mass is 525 g/mol. The van der Waals surface area contributed by atoms with Crippen molar-refractivity contribution in [2.75, 3.05) is 20.8 Å². The number of rotatable bonds is 14. The van der Waals surface area contributed by atoms with Crippen LogP contribution < -0.4 is 9.47 Å². The van der Waals surface area contributed by atoms with E-state index in [2.05, 4.69) is 48.2 Å². The molecule has 4 rings (SSSR count). The third-order valence-corrected chi connectivity index (χ3v) is 6.96. The van der Waals surface area contributed by atoms with Crippen molar-refractivity contribution in [1.82, 2.24) is 4.90 Å². The fourth-order valence-corrected chi connectivity index (χ4v) is 4.73. The Kier molecular flexibility index (Phi) is 10.5. The van der Waals surface area contributed by atoms with E-state index >= 15 is 0 Å². The Morgan fingerprint density at radius 2 is 1.41 bits per heavy atom. The van der Waals surface area contributed by atoms with Gasteiger partial charge < -0.3 is 19.3 Å². The second kappa shape index (κ2) is 14.5. The minimum atomic E-state index is -0.661. The van der Waals surface area contributed by atoms with Crippen molar-refractivity contribution in [2.24, 2.45) is 0 Å². The molecule has 39 heavy (non-hydrogen) atoms. The summed E-state index contributed by atoms with van der Waals surface area (Å²) in [6, 6.07) is 34.8. The standard InChI is InChI=1S/C34H39NO4/c1-26(20-27-14-17-32(38-3)18-15-27)35(22-28-10-6-4-7-11-28)23-33(36)30-16-19-34(31(21-30)25-37-2)39-24-29-12-8-5-9-13-29/h4-19,21,26,33,36H,20,22-25H2,1-3H3. The van der Waals surface area contributed by atoms with Crippen molar-refractivity contribution in [3.63, 3.8) is 0 Å². The van der Waals surface area contributed by atoms with E-state index in [-0.39, 0.29) is 6.04 Å². The van der Waals surface area contributed by atoms with Crippen LogP contribution in [-0.2, 0) is 30.9 Å². The SMILES string of the molecule is COCc1cc(C(O)CN(Cc2ccccc2)C(C)Cc2ccc(OC)cc2)ccc1OCc1ccccc1. The molecule has 0 radical (unpaired) electrons. The van der Waals surface area contributed by atoms with Crippen LogP contribution in [0.4, 0.5) is 0 Å². The number of nitrogens with zero attached hydrogens (tertiary/aromatic N) is 1. The van der Waals surface area contributed by atoms with Gasteiger partial charge in [-0.05, 0) is 59.9 Å². The Labute approximate surface area is 232 Å². The maximum absolute atomic E-state index is 11.4. The van der Waals surface area contributed by atoms with Crippen molar-refractivity contribution >= 4 is 0 Å². The Bertz CT molecular complexity index is 1260. The molecule has 0 aromatic heterocycles. The van der Waals surface area contributed by atoms with Gasteiger partial charge in [0.15, 0.2) is 0 Å². The van der Waals surface area contributed by atoms with Crippen LogP contribution in [0.15, 0.2) is 103 Å². The number of benzene rings is 4. The highest BCUT2D eigenvalue weighted by Crippen LogP contribution is 2.27. The molecule has 4 aromatic rings. The molecule has 204 valence electrons. The van der Waals surface area contributed by atoms with Crippen LogP contribution in [0.1, 0.15) is 40.8 Å². The number of aliphatic hydroxyl groups excluding tert-OH is 1. The molecule has 0 aliphatic carbocycles. The molecule has 0 aliphatic rings. The minimum absolute atomic E-state index is 0.208. The van der Waals surface area contributed by atoms with E-state index in [0.29, 0.717) is 19.8 Å². The summed E-state index contributed by atoms with van der Waals surface area (Å²) >= 11 is 0. The molecule has 0 aliphatic heterocycles. The third kappa shape index (κ3) is 8.42. The van der Waals surface area contributed by atoms with E-state index in [1.54, 1.807) is 14.2 Å². The normalized spacial score (nSPS) is 12.7. The van der Waals surface area contributed by atoms with Crippen molar-refractivity contribution in [3.05, 3.63) is 131 Å². The Balaban J connectivity index is 1.49. The Hall–Kier alpha value is -3.64. The van der Waals surface area contributed by atoms with Crippen LogP contribution in [0.5, 0.6) is 11.5 Å². The zero-order chi connectivity index (χ0) is 27.5. The summed E-state index contributed by atoms with van der Waals surface area (Å²) in [5.41, 5.74) is 5.33. The molecule has 0 heterocycles. The lowest BCUT2D eigenvalue weighted by Crippen LogP contribution is -2.37. The van der Waals surface area contributed by atoms with Gasteiger partial charge in [0.05, 0.1) is 19.8 Å². The Morgan fingerprint density at radius 1 is 0.744 bits per heavy atom. The first-order valence-corrected chi connectivity index (χ1v) is 13.4. The van der Waals surface area contributed by atoms with Gasteiger partial charge in [0.25, 0.3) is 0 Å². The largest absolute Gasteiger partial charge is 0.497 e. The zero-order valence-electron chi connectivity index (χ0n) is 23.1. The molecule has 5 nitrogen and oxygen atoms in total. The lowest BCUT2D eigenvalue weighted by Gasteiger charge is -2.31. The summed E-state index contributed by atoms with van der Waals surface area (Å²) in [4.78, 5) is 2.35. The van der Waals surface area contributed by atoms with Crippen molar-refractivity contribution in [1.29, 1.82) is 0 Å². The second-order valence-electron chi connectivity index (χ2n) is 9.91. The highest BCUT2D eigenvalue weighted by atomic mass is 16.5. The topological polar surface area (TPSA) is 51.2 Å². The average Bonchev–Trinajstić information content (AvgIpc) is 2.97. The van der Waals surface area contributed by atoms with Gasteiger partial charge in [-0.1, -0.05) is 78.9 Å². The highest BCUT2D eigenvalue weighted by Gasteiger charge is 2.21. The van der Waals surface area contributed by atoms with Crippen LogP contribution in [0.25, 0.3) is 0 Å². The third-order valence-electron chi connectivity index (χ3n) is 6.96. The van der Waals surface area contributed by atoms with Crippen LogP contribution in [0.3, 0.4) is 0 Å². The summed E-state index contributed by atoms with van der Waals surface area (Å²) in [7, 11) is 3.35. The average molecular weight is 526 g/mol. The van der Waals surface area contributed by atoms with E-state index in [1.807, 2.05) is 66.7 Å². The van der Waals surface area contributed by atoms with E-state index in [9.17, 15) is 5.11 Å². The first-order chi connectivity index (χ1) is 19.1. The van der Waals surface area contributed by atoms with Gasteiger partial charge in [0.2, 0.25) is 0 Å². The maximum Gasteiger partial charge on any atom is 0.125 e. The quantitative estimate of drug-likeness (QED) is 0.201. The second-order valence-corrected chi connectivity index (χ2v) is 9.91. The number of aliphatic hydroxyl groups is 1. The van der Waals surface area contributed by atoms with Gasteiger partial charge in [0, 0.05) is 31.8 Å². The predicted molar refractivity (Wildman–Crippen MR) is 156 cm³/mol. The van der Waals surface area contributed by atoms with Gasteiger partial charge in [-0.25, -0.2) is 0 Å². The molecule has 2 unspecified atom stereocenters. The molecule has 1 N–H and O–H groups in total. The Morgan fingerprint density at radius 3 is 2.05 bits per heavy atom. The predicted octanol–water partition coefficient (Wildman–Crippen LogP) is 6.59. The molecule has 5 heteroatoms. The maximum atomic E-state index is 11.4. The molecule has 0 bridgehead atoms. The molecule has 0 saturated carbocycles. The van der Waals surface area contributed by atoms with Gasteiger partial charge in [-0.3, -0.25) is 4.90 Å². The van der Waals surface area contributed by atoms with Gasteiger partial charge in [0.1, 0.15) is 18.1 Å². The van der Waals surface area contributed by atoms with Crippen LogP contribution >= 0.6 is 0 Å². The van der Waals surface area contributed by atoms with E-state index < -0.39 is 6.10 Å². The first kappa shape index (κ1) is 28.4. The number of hydrogen-bond acceptors (Lipinski definition) is 5. The zero-order valence-corrected chi connectivity index (χ0v) is 23.1. The number of ether oxygens (including phenoxy) is 3. The number of hydrogen-bond donors (Lipinski definition) is 1. The summed E-state index contributed by atoms with van der Waals surface area (Å²) in [5.74, 6) is 1.62. The van der Waals surface area contributed by atoms with E-state index in [1.165, 1.54) is 11.1 Å². The lowest BCUT2D eigenvalue weighted by atomic mass is 10.0. The summed E-state index contributed by atoms with van der Waals surface area (Å²) in [6.45, 7) is 4.36.